The summed E-state index contributed by atoms with van der Waals surface area (Å²) in [5.41, 5.74) is 5.70. The second-order valence-corrected chi connectivity index (χ2v) is 12.4. The van der Waals surface area contributed by atoms with Gasteiger partial charge in [0.05, 0.1) is 0 Å². The highest BCUT2D eigenvalue weighted by atomic mass is 16.3. The fourth-order valence-electron chi connectivity index (χ4n) is 6.01. The van der Waals surface area contributed by atoms with Crippen molar-refractivity contribution in [1.82, 2.24) is 0 Å². The minimum Gasteiger partial charge on any atom is -0.508 e. The van der Waals surface area contributed by atoms with Crippen molar-refractivity contribution < 1.29 is 15.3 Å². The Morgan fingerprint density at radius 2 is 1.00 bits per heavy atom. The molecule has 1 saturated carbocycles. The summed E-state index contributed by atoms with van der Waals surface area (Å²) in [5, 5.41) is 30.6. The predicted molar refractivity (Wildman–Crippen MR) is 144 cm³/mol. The van der Waals surface area contributed by atoms with Crippen molar-refractivity contribution in [2.24, 2.45) is 0 Å². The van der Waals surface area contributed by atoms with Gasteiger partial charge in [0.2, 0.25) is 0 Å². The number of hydrogen-bond acceptors (Lipinski definition) is 3. The normalized spacial score (nSPS) is 16.9. The van der Waals surface area contributed by atoms with Gasteiger partial charge < -0.3 is 15.3 Å². The Hall–Kier alpha value is -2.94. The van der Waals surface area contributed by atoms with E-state index in [1.54, 1.807) is 12.1 Å². The van der Waals surface area contributed by atoms with Crippen molar-refractivity contribution in [2.75, 3.05) is 0 Å². The summed E-state index contributed by atoms with van der Waals surface area (Å²) in [4.78, 5) is 0. The van der Waals surface area contributed by atoms with Crippen molar-refractivity contribution >= 4 is 0 Å². The van der Waals surface area contributed by atoms with Gasteiger partial charge >= 0.3 is 0 Å². The van der Waals surface area contributed by atoms with Crippen LogP contribution in [0.3, 0.4) is 0 Å². The van der Waals surface area contributed by atoms with E-state index in [0.29, 0.717) is 23.2 Å². The fourth-order valence-corrected chi connectivity index (χ4v) is 6.01. The van der Waals surface area contributed by atoms with Crippen molar-refractivity contribution in [2.45, 2.75) is 89.4 Å². The molecule has 0 atom stereocenters. The van der Waals surface area contributed by atoms with Gasteiger partial charge in [0.1, 0.15) is 17.2 Å². The van der Waals surface area contributed by atoms with Crippen LogP contribution in [0.1, 0.15) is 101 Å². The van der Waals surface area contributed by atoms with Crippen LogP contribution in [0.4, 0.5) is 0 Å². The Bertz CT molecular complexity index is 1120. The van der Waals surface area contributed by atoms with Gasteiger partial charge in [-0.25, -0.2) is 0 Å². The van der Waals surface area contributed by atoms with Crippen LogP contribution >= 0.6 is 0 Å². The molecule has 1 aliphatic carbocycles. The minimum absolute atomic E-state index is 0.131. The monoisotopic (exact) mass is 472 g/mol. The van der Waals surface area contributed by atoms with Gasteiger partial charge in [-0.2, -0.15) is 0 Å². The molecular weight excluding hydrogens is 432 g/mol. The number of hydrogen-bond donors (Lipinski definition) is 3. The number of phenols is 3. The highest BCUT2D eigenvalue weighted by Crippen LogP contribution is 2.54. The Morgan fingerprint density at radius 3 is 1.40 bits per heavy atom. The molecule has 3 heteroatoms. The van der Waals surface area contributed by atoms with Gasteiger partial charge in [-0.05, 0) is 107 Å². The van der Waals surface area contributed by atoms with Gasteiger partial charge in [-0.1, -0.05) is 65.8 Å². The Kier molecular flexibility index (Phi) is 6.42. The van der Waals surface area contributed by atoms with Crippen LogP contribution in [0.2, 0.25) is 0 Å². The Labute approximate surface area is 210 Å². The number of aromatic hydroxyl groups is 3. The van der Waals surface area contributed by atoms with Crippen LogP contribution in [-0.4, -0.2) is 15.3 Å². The van der Waals surface area contributed by atoms with E-state index in [1.165, 1.54) is 27.8 Å². The molecule has 3 N–H and O–H groups in total. The zero-order valence-electron chi connectivity index (χ0n) is 22.0. The number of phenolic OH excluding ortho intramolecular Hbond substituents is 3. The molecule has 0 aromatic heterocycles. The lowest BCUT2D eigenvalue weighted by Crippen LogP contribution is -2.37. The molecule has 3 aromatic rings. The molecule has 3 aromatic carbocycles. The highest BCUT2D eigenvalue weighted by molar-refractivity contribution is 5.54. The largest absolute Gasteiger partial charge is 0.508 e. The molecule has 0 spiro atoms. The maximum absolute atomic E-state index is 10.4. The standard InChI is InChI=1S/C32H40O3/c1-30(2,3)28-19-24(34)11-13-26(28)32(27-14-12-25(35)20-29(27)31(4,5)6)17-15-22(16-18-32)21-7-9-23(33)10-8-21/h7-14,19-20,22,33-35H,15-18H2,1-6H3. The highest BCUT2D eigenvalue weighted by Gasteiger charge is 2.43. The summed E-state index contributed by atoms with van der Waals surface area (Å²) in [6.45, 7) is 13.3. The molecule has 186 valence electrons. The lowest BCUT2D eigenvalue weighted by Gasteiger charge is -2.46. The van der Waals surface area contributed by atoms with Gasteiger partial charge in [-0.3, -0.25) is 0 Å². The third-order valence-electron chi connectivity index (χ3n) is 7.86. The van der Waals surface area contributed by atoms with E-state index in [1.807, 2.05) is 24.3 Å². The zero-order valence-corrected chi connectivity index (χ0v) is 22.0. The molecule has 35 heavy (non-hydrogen) atoms. The quantitative estimate of drug-likeness (QED) is 0.361. The van der Waals surface area contributed by atoms with E-state index in [2.05, 4.69) is 65.8 Å². The van der Waals surface area contributed by atoms with Crippen molar-refractivity contribution in [3.8, 4) is 17.2 Å². The van der Waals surface area contributed by atoms with Crippen LogP contribution in [0.15, 0.2) is 60.7 Å². The summed E-state index contributed by atoms with van der Waals surface area (Å²) < 4.78 is 0. The second kappa shape index (κ2) is 8.93. The number of rotatable bonds is 3. The average Bonchev–Trinajstić information content (AvgIpc) is 2.78. The molecule has 1 fully saturated rings. The fraction of sp³-hybridized carbons (Fsp3) is 0.438. The van der Waals surface area contributed by atoms with E-state index < -0.39 is 0 Å². The molecule has 1 aliphatic rings. The van der Waals surface area contributed by atoms with Gasteiger partial charge in [-0.15, -0.1) is 0 Å². The SMILES string of the molecule is CC(C)(C)c1cc(O)ccc1C1(c2ccc(O)cc2C(C)(C)C)CCC(c2ccc(O)cc2)CC1. The maximum Gasteiger partial charge on any atom is 0.115 e. The molecule has 0 unspecified atom stereocenters. The summed E-state index contributed by atoms with van der Waals surface area (Å²) in [6, 6.07) is 19.5. The van der Waals surface area contributed by atoms with Gasteiger partial charge in [0.15, 0.2) is 0 Å². The third kappa shape index (κ3) is 4.91. The first kappa shape index (κ1) is 25.2. The van der Waals surface area contributed by atoms with Crippen LogP contribution in [0.5, 0.6) is 17.2 Å². The minimum atomic E-state index is -0.222. The average molecular weight is 473 g/mol. The van der Waals surface area contributed by atoms with Crippen molar-refractivity contribution in [3.05, 3.63) is 88.5 Å². The van der Waals surface area contributed by atoms with Crippen LogP contribution < -0.4 is 0 Å². The topological polar surface area (TPSA) is 60.7 Å². The summed E-state index contributed by atoms with van der Waals surface area (Å²) >= 11 is 0. The second-order valence-electron chi connectivity index (χ2n) is 12.4. The van der Waals surface area contributed by atoms with Gasteiger partial charge in [0, 0.05) is 5.41 Å². The first-order valence-corrected chi connectivity index (χ1v) is 12.8. The zero-order chi connectivity index (χ0) is 25.6. The molecular formula is C32H40O3. The van der Waals surface area contributed by atoms with E-state index in [0.717, 1.165) is 25.7 Å². The predicted octanol–water partition coefficient (Wildman–Crippen LogP) is 8.04. The maximum atomic E-state index is 10.4. The van der Waals surface area contributed by atoms with E-state index >= 15 is 0 Å². The van der Waals surface area contributed by atoms with E-state index in [4.69, 9.17) is 0 Å². The van der Waals surface area contributed by atoms with Gasteiger partial charge in [0.25, 0.3) is 0 Å². The molecule has 3 nitrogen and oxygen atoms in total. The molecule has 0 saturated heterocycles. The van der Waals surface area contributed by atoms with Crippen LogP contribution in [-0.2, 0) is 16.2 Å². The molecule has 0 heterocycles. The Balaban J connectivity index is 1.90. The summed E-state index contributed by atoms with van der Waals surface area (Å²) in [6.07, 6.45) is 4.00. The molecule has 0 radical (unpaired) electrons. The molecule has 4 rings (SSSR count). The van der Waals surface area contributed by atoms with E-state index in [-0.39, 0.29) is 16.2 Å². The summed E-state index contributed by atoms with van der Waals surface area (Å²) in [5.74, 6) is 1.34. The molecule has 0 amide bonds. The Morgan fingerprint density at radius 1 is 0.600 bits per heavy atom. The summed E-state index contributed by atoms with van der Waals surface area (Å²) in [7, 11) is 0. The lowest BCUT2D eigenvalue weighted by atomic mass is 9.58. The molecule has 0 bridgehead atoms. The first-order valence-electron chi connectivity index (χ1n) is 12.8. The van der Waals surface area contributed by atoms with E-state index in [9.17, 15) is 15.3 Å². The third-order valence-corrected chi connectivity index (χ3v) is 7.86. The lowest BCUT2D eigenvalue weighted by molar-refractivity contribution is 0.305. The van der Waals surface area contributed by atoms with Crippen LogP contribution in [0, 0.1) is 0 Å². The van der Waals surface area contributed by atoms with Crippen molar-refractivity contribution in [3.63, 3.8) is 0 Å². The smallest absolute Gasteiger partial charge is 0.115 e. The van der Waals surface area contributed by atoms with Crippen molar-refractivity contribution in [1.29, 1.82) is 0 Å². The molecule has 0 aliphatic heterocycles. The van der Waals surface area contributed by atoms with Crippen LogP contribution in [0.25, 0.3) is 0 Å². The number of benzene rings is 3. The first-order chi connectivity index (χ1) is 16.3.